The number of Topliss-reactive ketones (excluding diaryl/α,β-unsaturated/α-hetero) is 1. The Morgan fingerprint density at radius 2 is 1.87 bits per heavy atom. The molecule has 1 aliphatic rings. The van der Waals surface area contributed by atoms with E-state index < -0.39 is 5.92 Å². The Hall–Kier alpha value is -2.77. The number of ketones is 1. The molecule has 31 heavy (non-hydrogen) atoms. The number of anilines is 1. The van der Waals surface area contributed by atoms with Gasteiger partial charge in [-0.25, -0.2) is 14.4 Å². The van der Waals surface area contributed by atoms with Crippen LogP contribution in [0, 0.1) is 19.7 Å². The maximum absolute atomic E-state index is 14.6. The van der Waals surface area contributed by atoms with Gasteiger partial charge in [0.1, 0.15) is 22.6 Å². The molecule has 1 fully saturated rings. The molecule has 162 valence electrons. The fraction of sp³-hybridized carbons (Fsp3) is 0.348. The molecular weight excluding hydrogens is 419 g/mol. The van der Waals surface area contributed by atoms with Gasteiger partial charge in [0.05, 0.1) is 30.5 Å². The summed E-state index contributed by atoms with van der Waals surface area (Å²) in [5.74, 6) is -0.273. The second kappa shape index (κ2) is 8.77. The van der Waals surface area contributed by atoms with Gasteiger partial charge in [-0.2, -0.15) is 0 Å². The number of aryl methyl sites for hydroxylation is 1. The van der Waals surface area contributed by atoms with Gasteiger partial charge in [0, 0.05) is 30.7 Å². The first-order chi connectivity index (χ1) is 14.8. The number of benzene rings is 1. The van der Waals surface area contributed by atoms with Gasteiger partial charge in [-0.3, -0.25) is 4.79 Å². The first-order valence-corrected chi connectivity index (χ1v) is 10.5. The predicted molar refractivity (Wildman–Crippen MR) is 118 cm³/mol. The van der Waals surface area contributed by atoms with Crippen LogP contribution in [0.2, 0.25) is 5.15 Å². The van der Waals surface area contributed by atoms with E-state index in [2.05, 4.69) is 9.88 Å². The molecule has 0 spiro atoms. The number of carbonyl (C=O) groups is 1. The number of aromatic nitrogens is 3. The summed E-state index contributed by atoms with van der Waals surface area (Å²) in [5.41, 5.74) is 3.61. The standard InChI is InChI=1S/C23H24ClFN4O2/c1-14-23(22(15(2)30)17-4-5-26-21(24)10-17)27-16(3)29(14)20-12-18(25)11-19(13-20)28-6-8-31-9-7-28/h4-5,10-13,22H,6-9H2,1-3H3. The van der Waals surface area contributed by atoms with E-state index in [1.807, 2.05) is 24.5 Å². The SMILES string of the molecule is CC(=O)C(c1ccnc(Cl)c1)c1nc(C)n(-c2cc(F)cc(N3CCOCC3)c2)c1C. The van der Waals surface area contributed by atoms with Crippen LogP contribution in [0.25, 0.3) is 5.69 Å². The predicted octanol–water partition coefficient (Wildman–Crippen LogP) is 4.23. The number of hydrogen-bond acceptors (Lipinski definition) is 5. The number of hydrogen-bond donors (Lipinski definition) is 0. The number of pyridine rings is 1. The minimum atomic E-state index is -0.576. The van der Waals surface area contributed by atoms with Crippen molar-refractivity contribution in [2.24, 2.45) is 0 Å². The van der Waals surface area contributed by atoms with Crippen LogP contribution in [0.15, 0.2) is 36.5 Å². The number of nitrogens with zero attached hydrogens (tertiary/aromatic N) is 4. The van der Waals surface area contributed by atoms with Gasteiger partial charge in [-0.15, -0.1) is 0 Å². The molecule has 1 atom stereocenters. The smallest absolute Gasteiger partial charge is 0.143 e. The van der Waals surface area contributed by atoms with Crippen molar-refractivity contribution in [2.75, 3.05) is 31.2 Å². The van der Waals surface area contributed by atoms with E-state index >= 15 is 0 Å². The highest BCUT2D eigenvalue weighted by molar-refractivity contribution is 6.29. The number of halogens is 2. The van der Waals surface area contributed by atoms with Crippen LogP contribution >= 0.6 is 11.6 Å². The highest BCUT2D eigenvalue weighted by atomic mass is 35.5. The van der Waals surface area contributed by atoms with Gasteiger partial charge in [-0.05, 0) is 56.7 Å². The third-order valence-electron chi connectivity index (χ3n) is 5.58. The molecule has 6 nitrogen and oxygen atoms in total. The summed E-state index contributed by atoms with van der Waals surface area (Å²) in [5, 5.41) is 0.317. The van der Waals surface area contributed by atoms with Crippen molar-refractivity contribution in [3.8, 4) is 5.69 Å². The molecule has 0 bridgehead atoms. The summed E-state index contributed by atoms with van der Waals surface area (Å²) in [6.07, 6.45) is 1.58. The zero-order chi connectivity index (χ0) is 22.1. The molecule has 2 aromatic heterocycles. The van der Waals surface area contributed by atoms with Gasteiger partial charge in [0.15, 0.2) is 0 Å². The highest BCUT2D eigenvalue weighted by Crippen LogP contribution is 2.32. The van der Waals surface area contributed by atoms with Gasteiger partial charge in [-0.1, -0.05) is 11.6 Å². The van der Waals surface area contributed by atoms with Gasteiger partial charge in [0.25, 0.3) is 0 Å². The number of imidazole rings is 1. The molecule has 1 aliphatic heterocycles. The quantitative estimate of drug-likeness (QED) is 0.553. The maximum Gasteiger partial charge on any atom is 0.143 e. The molecule has 3 aromatic rings. The molecule has 1 unspecified atom stereocenters. The number of carbonyl (C=O) groups excluding carboxylic acids is 1. The molecule has 0 amide bonds. The average Bonchev–Trinajstić information content (AvgIpc) is 3.02. The van der Waals surface area contributed by atoms with Crippen molar-refractivity contribution in [3.63, 3.8) is 0 Å². The van der Waals surface area contributed by atoms with Crippen molar-refractivity contribution in [1.29, 1.82) is 0 Å². The normalized spacial score (nSPS) is 15.2. The van der Waals surface area contributed by atoms with Crippen molar-refractivity contribution in [3.05, 3.63) is 70.3 Å². The molecular formula is C23H24ClFN4O2. The first kappa shape index (κ1) is 21.5. The molecule has 1 saturated heterocycles. The lowest BCUT2D eigenvalue weighted by atomic mass is 9.92. The van der Waals surface area contributed by atoms with Crippen LogP contribution in [0.3, 0.4) is 0 Å². The van der Waals surface area contributed by atoms with E-state index in [-0.39, 0.29) is 11.6 Å². The van der Waals surface area contributed by atoms with Crippen LogP contribution in [0.4, 0.5) is 10.1 Å². The Balaban J connectivity index is 1.79. The molecule has 0 aliphatic carbocycles. The zero-order valence-electron chi connectivity index (χ0n) is 17.7. The van der Waals surface area contributed by atoms with E-state index in [0.29, 0.717) is 48.7 Å². The molecule has 1 aromatic carbocycles. The van der Waals surface area contributed by atoms with Crippen LogP contribution in [0.1, 0.15) is 35.6 Å². The van der Waals surface area contributed by atoms with Crippen LogP contribution in [-0.4, -0.2) is 46.6 Å². The summed E-state index contributed by atoms with van der Waals surface area (Å²) in [7, 11) is 0. The second-order valence-corrected chi connectivity index (χ2v) is 8.07. The third kappa shape index (κ3) is 4.34. The third-order valence-corrected chi connectivity index (χ3v) is 5.78. The second-order valence-electron chi connectivity index (χ2n) is 7.69. The van der Waals surface area contributed by atoms with E-state index in [1.54, 1.807) is 18.3 Å². The van der Waals surface area contributed by atoms with Gasteiger partial charge < -0.3 is 14.2 Å². The lowest BCUT2D eigenvalue weighted by Gasteiger charge is -2.29. The van der Waals surface area contributed by atoms with Gasteiger partial charge in [0.2, 0.25) is 0 Å². The fourth-order valence-corrected chi connectivity index (χ4v) is 4.37. The Morgan fingerprint density at radius 3 is 2.55 bits per heavy atom. The topological polar surface area (TPSA) is 60.2 Å². The molecule has 4 rings (SSSR count). The first-order valence-electron chi connectivity index (χ1n) is 10.2. The Bertz CT molecular complexity index is 1120. The summed E-state index contributed by atoms with van der Waals surface area (Å²) in [4.78, 5) is 23.4. The molecule has 8 heteroatoms. The zero-order valence-corrected chi connectivity index (χ0v) is 18.5. The largest absolute Gasteiger partial charge is 0.378 e. The maximum atomic E-state index is 14.6. The number of rotatable bonds is 5. The van der Waals surface area contributed by atoms with Crippen molar-refractivity contribution < 1.29 is 13.9 Å². The van der Waals surface area contributed by atoms with E-state index in [9.17, 15) is 9.18 Å². The fourth-order valence-electron chi connectivity index (χ4n) is 4.19. The Morgan fingerprint density at radius 1 is 1.16 bits per heavy atom. The van der Waals surface area contributed by atoms with Crippen LogP contribution in [0.5, 0.6) is 0 Å². The summed E-state index contributed by atoms with van der Waals surface area (Å²) >= 11 is 6.06. The van der Waals surface area contributed by atoms with Gasteiger partial charge >= 0.3 is 0 Å². The van der Waals surface area contributed by atoms with E-state index in [4.69, 9.17) is 21.3 Å². The lowest BCUT2D eigenvalue weighted by molar-refractivity contribution is -0.117. The minimum absolute atomic E-state index is 0.0525. The molecule has 0 saturated carbocycles. The average molecular weight is 443 g/mol. The van der Waals surface area contributed by atoms with Crippen molar-refractivity contribution >= 4 is 23.1 Å². The summed E-state index contributed by atoms with van der Waals surface area (Å²) in [6.45, 7) is 7.95. The summed E-state index contributed by atoms with van der Waals surface area (Å²) in [6, 6.07) is 8.42. The van der Waals surface area contributed by atoms with Crippen molar-refractivity contribution in [1.82, 2.24) is 14.5 Å². The lowest BCUT2D eigenvalue weighted by Crippen LogP contribution is -2.36. The molecule has 0 radical (unpaired) electrons. The highest BCUT2D eigenvalue weighted by Gasteiger charge is 2.27. The Labute approximate surface area is 185 Å². The van der Waals surface area contributed by atoms with E-state index in [0.717, 1.165) is 16.9 Å². The Kier molecular flexibility index (Phi) is 6.07. The van der Waals surface area contributed by atoms with Crippen LogP contribution < -0.4 is 4.90 Å². The van der Waals surface area contributed by atoms with Crippen molar-refractivity contribution in [2.45, 2.75) is 26.7 Å². The monoisotopic (exact) mass is 442 g/mol. The van der Waals surface area contributed by atoms with E-state index in [1.165, 1.54) is 19.1 Å². The number of ether oxygens (including phenoxy) is 1. The molecule has 3 heterocycles. The molecule has 0 N–H and O–H groups in total. The minimum Gasteiger partial charge on any atom is -0.378 e. The number of morpholine rings is 1. The van der Waals surface area contributed by atoms with Crippen LogP contribution in [-0.2, 0) is 9.53 Å². The summed E-state index contributed by atoms with van der Waals surface area (Å²) < 4.78 is 21.9.